The van der Waals surface area contributed by atoms with Crippen LogP contribution in [0.3, 0.4) is 0 Å². The van der Waals surface area contributed by atoms with Crippen LogP contribution in [0.2, 0.25) is 0 Å². The van der Waals surface area contributed by atoms with E-state index in [2.05, 4.69) is 20.3 Å². The van der Waals surface area contributed by atoms with Gasteiger partial charge in [0.05, 0.1) is 0 Å². The lowest BCUT2D eigenvalue weighted by atomic mass is 10.1. The van der Waals surface area contributed by atoms with Gasteiger partial charge in [0.25, 0.3) is 5.92 Å². The molecular formula is C22H22F3N5. The molecule has 1 fully saturated rings. The molecule has 0 amide bonds. The minimum atomic E-state index is -2.89. The summed E-state index contributed by atoms with van der Waals surface area (Å²) in [6.45, 7) is 1.67. The van der Waals surface area contributed by atoms with E-state index in [-0.39, 0.29) is 23.2 Å². The van der Waals surface area contributed by atoms with Crippen LogP contribution in [-0.4, -0.2) is 21.0 Å². The van der Waals surface area contributed by atoms with E-state index in [1.807, 2.05) is 17.0 Å². The largest absolute Gasteiger partial charge is 0.363 e. The highest BCUT2D eigenvalue weighted by Crippen LogP contribution is 2.35. The number of halogens is 3. The third kappa shape index (κ3) is 4.69. The predicted molar refractivity (Wildman–Crippen MR) is 109 cm³/mol. The van der Waals surface area contributed by atoms with Crippen molar-refractivity contribution in [1.82, 2.24) is 15.0 Å². The molecule has 1 N–H and O–H groups in total. The lowest BCUT2D eigenvalue weighted by Gasteiger charge is -2.25. The third-order valence-corrected chi connectivity index (χ3v) is 5.05. The van der Waals surface area contributed by atoms with Gasteiger partial charge in [-0.2, -0.15) is 4.39 Å². The van der Waals surface area contributed by atoms with E-state index in [1.165, 1.54) is 18.5 Å². The number of alkyl halides is 2. The van der Waals surface area contributed by atoms with Gasteiger partial charge in [0, 0.05) is 44.0 Å². The Labute approximate surface area is 173 Å². The van der Waals surface area contributed by atoms with E-state index in [0.717, 1.165) is 30.9 Å². The van der Waals surface area contributed by atoms with Crippen LogP contribution in [0.5, 0.6) is 0 Å². The molecule has 5 nitrogen and oxygen atoms in total. The Balaban J connectivity index is 1.53. The molecule has 0 spiro atoms. The fraction of sp³-hybridized carbons (Fsp3) is 0.318. The summed E-state index contributed by atoms with van der Waals surface area (Å²) < 4.78 is 42.1. The first-order valence-electron chi connectivity index (χ1n) is 9.79. The van der Waals surface area contributed by atoms with E-state index >= 15 is 4.39 Å². The zero-order valence-corrected chi connectivity index (χ0v) is 16.5. The highest BCUT2D eigenvalue weighted by molar-refractivity contribution is 5.53. The average molecular weight is 413 g/mol. The SMILES string of the molecule is CC(F)(F)c1ccc(CN(c2ncnc(NCc3ccncc3)c2F)C2CC2)cc1. The van der Waals surface area contributed by atoms with Crippen LogP contribution in [0.4, 0.5) is 24.8 Å². The number of rotatable bonds is 8. The summed E-state index contributed by atoms with van der Waals surface area (Å²) in [6.07, 6.45) is 6.56. The summed E-state index contributed by atoms with van der Waals surface area (Å²) in [7, 11) is 0. The molecule has 0 unspecified atom stereocenters. The third-order valence-electron chi connectivity index (χ3n) is 5.05. The molecule has 4 rings (SSSR count). The van der Waals surface area contributed by atoms with Crippen LogP contribution in [0.25, 0.3) is 0 Å². The average Bonchev–Trinajstić information content (AvgIpc) is 3.57. The Bertz CT molecular complexity index is 986. The smallest absolute Gasteiger partial charge is 0.270 e. The van der Waals surface area contributed by atoms with Gasteiger partial charge in [0.1, 0.15) is 6.33 Å². The molecule has 1 saturated carbocycles. The number of nitrogens with zero attached hydrogens (tertiary/aromatic N) is 4. The van der Waals surface area contributed by atoms with Crippen LogP contribution >= 0.6 is 0 Å². The fourth-order valence-corrected chi connectivity index (χ4v) is 3.23. The Kier molecular flexibility index (Phi) is 5.57. The molecule has 0 bridgehead atoms. The molecule has 1 aromatic carbocycles. The topological polar surface area (TPSA) is 53.9 Å². The molecule has 0 saturated heterocycles. The Morgan fingerprint density at radius 1 is 1.03 bits per heavy atom. The summed E-state index contributed by atoms with van der Waals surface area (Å²) in [5.41, 5.74) is 1.73. The van der Waals surface area contributed by atoms with Gasteiger partial charge in [-0.3, -0.25) is 4.98 Å². The van der Waals surface area contributed by atoms with Gasteiger partial charge in [-0.05, 0) is 36.1 Å². The quantitative estimate of drug-likeness (QED) is 0.569. The summed E-state index contributed by atoms with van der Waals surface area (Å²) in [4.78, 5) is 14.1. The van der Waals surface area contributed by atoms with Crippen molar-refractivity contribution in [3.05, 3.63) is 77.6 Å². The van der Waals surface area contributed by atoms with Crippen molar-refractivity contribution in [3.8, 4) is 0 Å². The molecule has 1 aliphatic carbocycles. The van der Waals surface area contributed by atoms with Crippen LogP contribution in [-0.2, 0) is 19.0 Å². The Morgan fingerprint density at radius 3 is 2.37 bits per heavy atom. The second-order valence-corrected chi connectivity index (χ2v) is 7.51. The zero-order valence-electron chi connectivity index (χ0n) is 16.5. The second kappa shape index (κ2) is 8.30. The maximum absolute atomic E-state index is 15.2. The van der Waals surface area contributed by atoms with E-state index in [9.17, 15) is 8.78 Å². The van der Waals surface area contributed by atoms with Gasteiger partial charge < -0.3 is 10.2 Å². The van der Waals surface area contributed by atoms with Gasteiger partial charge in [0.15, 0.2) is 11.6 Å². The van der Waals surface area contributed by atoms with Gasteiger partial charge >= 0.3 is 0 Å². The second-order valence-electron chi connectivity index (χ2n) is 7.51. The number of hydrogen-bond donors (Lipinski definition) is 1. The number of anilines is 2. The Hall–Kier alpha value is -3.16. The standard InChI is InChI=1S/C22H22F3N5/c1-22(24,25)17-4-2-16(3-5-17)13-30(18-6-7-18)21-19(23)20(28-14-29-21)27-12-15-8-10-26-11-9-15/h2-5,8-11,14,18H,6-7,12-13H2,1H3,(H,27,28,29). The molecule has 0 radical (unpaired) electrons. The first kappa shape index (κ1) is 20.1. The fourth-order valence-electron chi connectivity index (χ4n) is 3.23. The molecule has 0 atom stereocenters. The summed E-state index contributed by atoms with van der Waals surface area (Å²) in [6, 6.07) is 10.00. The van der Waals surface area contributed by atoms with Crippen LogP contribution in [0.15, 0.2) is 55.1 Å². The van der Waals surface area contributed by atoms with E-state index in [1.54, 1.807) is 24.5 Å². The van der Waals surface area contributed by atoms with Crippen LogP contribution in [0.1, 0.15) is 36.5 Å². The minimum absolute atomic E-state index is 0.0416. The van der Waals surface area contributed by atoms with E-state index < -0.39 is 11.7 Å². The van der Waals surface area contributed by atoms with Crippen LogP contribution in [0, 0.1) is 5.82 Å². The molecule has 3 aromatic rings. The molecule has 2 heterocycles. The van der Waals surface area contributed by atoms with Gasteiger partial charge in [-0.15, -0.1) is 0 Å². The molecule has 156 valence electrons. The van der Waals surface area contributed by atoms with E-state index in [4.69, 9.17) is 0 Å². The van der Waals surface area contributed by atoms with Crippen LogP contribution < -0.4 is 10.2 Å². The normalized spacial score (nSPS) is 13.9. The van der Waals surface area contributed by atoms with Gasteiger partial charge in [-0.25, -0.2) is 18.7 Å². The van der Waals surface area contributed by atoms with E-state index in [0.29, 0.717) is 13.1 Å². The van der Waals surface area contributed by atoms with Crippen molar-refractivity contribution in [2.24, 2.45) is 0 Å². The lowest BCUT2D eigenvalue weighted by molar-refractivity contribution is 0.0174. The predicted octanol–water partition coefficient (Wildman–Crippen LogP) is 4.90. The summed E-state index contributed by atoms with van der Waals surface area (Å²) in [5.74, 6) is -3.06. The molecule has 0 aliphatic heterocycles. The summed E-state index contributed by atoms with van der Waals surface area (Å²) in [5, 5.41) is 3.01. The molecule has 8 heteroatoms. The summed E-state index contributed by atoms with van der Waals surface area (Å²) >= 11 is 0. The Morgan fingerprint density at radius 2 is 1.73 bits per heavy atom. The highest BCUT2D eigenvalue weighted by atomic mass is 19.3. The maximum atomic E-state index is 15.2. The zero-order chi connectivity index (χ0) is 21.1. The first-order chi connectivity index (χ1) is 14.4. The number of pyridine rings is 1. The molecule has 1 aliphatic rings. The minimum Gasteiger partial charge on any atom is -0.363 e. The molecular weight excluding hydrogens is 391 g/mol. The van der Waals surface area contributed by atoms with Crippen molar-refractivity contribution < 1.29 is 13.2 Å². The lowest BCUT2D eigenvalue weighted by Crippen LogP contribution is -2.27. The maximum Gasteiger partial charge on any atom is 0.270 e. The van der Waals surface area contributed by atoms with Gasteiger partial charge in [0.2, 0.25) is 5.82 Å². The van der Waals surface area contributed by atoms with Crippen molar-refractivity contribution >= 4 is 11.6 Å². The molecule has 30 heavy (non-hydrogen) atoms. The van der Waals surface area contributed by atoms with Crippen molar-refractivity contribution in [1.29, 1.82) is 0 Å². The molecule has 2 aromatic heterocycles. The highest BCUT2D eigenvalue weighted by Gasteiger charge is 2.33. The first-order valence-corrected chi connectivity index (χ1v) is 9.79. The number of benzene rings is 1. The number of aromatic nitrogens is 3. The number of nitrogens with one attached hydrogen (secondary N) is 1. The van der Waals surface area contributed by atoms with Gasteiger partial charge in [-0.1, -0.05) is 24.3 Å². The monoisotopic (exact) mass is 413 g/mol. The van der Waals surface area contributed by atoms with Crippen molar-refractivity contribution in [2.45, 2.75) is 44.8 Å². The van der Waals surface area contributed by atoms with Crippen molar-refractivity contribution in [3.63, 3.8) is 0 Å². The number of hydrogen-bond acceptors (Lipinski definition) is 5. The van der Waals surface area contributed by atoms with Crippen molar-refractivity contribution in [2.75, 3.05) is 10.2 Å².